The summed E-state index contributed by atoms with van der Waals surface area (Å²) in [5, 5.41) is 3.07. The predicted molar refractivity (Wildman–Crippen MR) is 59.8 cm³/mol. The molecule has 0 radical (unpaired) electrons. The Morgan fingerprint density at radius 1 is 1.25 bits per heavy atom. The minimum Gasteiger partial charge on any atom is -0.381 e. The van der Waals surface area contributed by atoms with Crippen LogP contribution < -0.4 is 10.2 Å². The van der Waals surface area contributed by atoms with Gasteiger partial charge in [-0.05, 0) is 25.3 Å². The largest absolute Gasteiger partial charge is 0.381 e. The van der Waals surface area contributed by atoms with Gasteiger partial charge in [0.25, 0.3) is 0 Å². The number of benzene rings is 1. The first-order valence-electron chi connectivity index (χ1n) is 5.75. The number of nitrogens with zero attached hydrogens (tertiary/aromatic N) is 1. The van der Waals surface area contributed by atoms with Gasteiger partial charge in [-0.25, -0.2) is 8.78 Å². The van der Waals surface area contributed by atoms with Crippen molar-refractivity contribution in [2.24, 2.45) is 0 Å². The lowest BCUT2D eigenvalue weighted by atomic mass is 10.1. The zero-order valence-corrected chi connectivity index (χ0v) is 8.97. The fourth-order valence-electron chi connectivity index (χ4n) is 2.78. The van der Waals surface area contributed by atoms with E-state index in [0.29, 0.717) is 17.4 Å². The summed E-state index contributed by atoms with van der Waals surface area (Å²) in [4.78, 5) is 2.14. The van der Waals surface area contributed by atoms with Crippen molar-refractivity contribution in [1.29, 1.82) is 0 Å². The van der Waals surface area contributed by atoms with Crippen LogP contribution in [-0.2, 0) is 0 Å². The van der Waals surface area contributed by atoms with Crippen LogP contribution in [0, 0.1) is 11.6 Å². The molecule has 0 saturated carbocycles. The maximum absolute atomic E-state index is 13.6. The van der Waals surface area contributed by atoms with Gasteiger partial charge in [-0.1, -0.05) is 0 Å². The van der Waals surface area contributed by atoms with E-state index in [2.05, 4.69) is 10.2 Å². The molecule has 1 saturated heterocycles. The van der Waals surface area contributed by atoms with Gasteiger partial charge in [-0.2, -0.15) is 0 Å². The third-order valence-electron chi connectivity index (χ3n) is 3.50. The van der Waals surface area contributed by atoms with E-state index in [4.69, 9.17) is 0 Å². The van der Waals surface area contributed by atoms with Crippen molar-refractivity contribution in [1.82, 2.24) is 0 Å². The molecule has 0 spiro atoms. The van der Waals surface area contributed by atoms with Crippen LogP contribution in [0.15, 0.2) is 12.1 Å². The summed E-state index contributed by atoms with van der Waals surface area (Å²) in [5.74, 6) is -0.979. The van der Waals surface area contributed by atoms with Crippen LogP contribution in [0.1, 0.15) is 19.3 Å². The van der Waals surface area contributed by atoms with E-state index in [1.54, 1.807) is 0 Å². The van der Waals surface area contributed by atoms with E-state index in [0.717, 1.165) is 38.4 Å². The number of anilines is 2. The minimum absolute atomic E-state index is 0.440. The first-order chi connectivity index (χ1) is 7.75. The molecule has 0 amide bonds. The standard InChI is InChI=1S/C12H14F2N2/c13-8-6-10(14)12-11(7-8)16-5-1-2-9(16)3-4-15-12/h6-7,9,15H,1-5H2. The van der Waals surface area contributed by atoms with Gasteiger partial charge >= 0.3 is 0 Å². The van der Waals surface area contributed by atoms with E-state index in [-0.39, 0.29) is 0 Å². The fourth-order valence-corrected chi connectivity index (χ4v) is 2.78. The second-order valence-electron chi connectivity index (χ2n) is 4.49. The van der Waals surface area contributed by atoms with Crippen LogP contribution in [0.2, 0.25) is 0 Å². The quantitative estimate of drug-likeness (QED) is 0.729. The molecule has 0 aliphatic carbocycles. The molecule has 3 rings (SSSR count). The highest BCUT2D eigenvalue weighted by Crippen LogP contribution is 2.37. The zero-order valence-electron chi connectivity index (χ0n) is 8.97. The Hall–Kier alpha value is -1.32. The van der Waals surface area contributed by atoms with E-state index >= 15 is 0 Å². The molecule has 1 aromatic carbocycles. The van der Waals surface area contributed by atoms with Crippen molar-refractivity contribution >= 4 is 11.4 Å². The lowest BCUT2D eigenvalue weighted by molar-refractivity contribution is 0.584. The van der Waals surface area contributed by atoms with Crippen molar-refractivity contribution in [2.75, 3.05) is 23.3 Å². The molecule has 1 fully saturated rings. The van der Waals surface area contributed by atoms with Gasteiger partial charge < -0.3 is 10.2 Å². The highest BCUT2D eigenvalue weighted by atomic mass is 19.1. The van der Waals surface area contributed by atoms with E-state index < -0.39 is 11.6 Å². The van der Waals surface area contributed by atoms with Gasteiger partial charge in [0, 0.05) is 25.2 Å². The molecule has 86 valence electrons. The summed E-state index contributed by atoms with van der Waals surface area (Å²) in [7, 11) is 0. The Morgan fingerprint density at radius 2 is 2.12 bits per heavy atom. The number of fused-ring (bicyclic) bond motifs is 3. The Bertz CT molecular complexity index is 420. The molecule has 2 nitrogen and oxygen atoms in total. The monoisotopic (exact) mass is 224 g/mol. The van der Waals surface area contributed by atoms with Crippen LogP contribution in [-0.4, -0.2) is 19.1 Å². The summed E-state index contributed by atoms with van der Waals surface area (Å²) < 4.78 is 26.9. The topological polar surface area (TPSA) is 15.3 Å². The molecule has 1 unspecified atom stereocenters. The number of hydrogen-bond acceptors (Lipinski definition) is 2. The molecule has 0 bridgehead atoms. The molecular weight excluding hydrogens is 210 g/mol. The van der Waals surface area contributed by atoms with Crippen LogP contribution in [0.3, 0.4) is 0 Å². The van der Waals surface area contributed by atoms with Gasteiger partial charge in [0.15, 0.2) is 5.82 Å². The molecule has 1 N–H and O–H groups in total. The fraction of sp³-hybridized carbons (Fsp3) is 0.500. The molecule has 4 heteroatoms. The molecule has 2 aliphatic rings. The van der Waals surface area contributed by atoms with Crippen LogP contribution in [0.5, 0.6) is 0 Å². The van der Waals surface area contributed by atoms with Gasteiger partial charge in [0.2, 0.25) is 0 Å². The molecule has 1 aromatic rings. The summed E-state index contributed by atoms with van der Waals surface area (Å²) in [6.45, 7) is 1.67. The average Bonchev–Trinajstić information content (AvgIpc) is 2.62. The van der Waals surface area contributed by atoms with Crippen LogP contribution in [0.4, 0.5) is 20.2 Å². The maximum atomic E-state index is 13.6. The highest BCUT2D eigenvalue weighted by Gasteiger charge is 2.30. The van der Waals surface area contributed by atoms with Crippen LogP contribution in [0.25, 0.3) is 0 Å². The van der Waals surface area contributed by atoms with Gasteiger partial charge in [0.05, 0.1) is 11.4 Å². The average molecular weight is 224 g/mol. The molecule has 2 aliphatic heterocycles. The number of nitrogens with one attached hydrogen (secondary N) is 1. The lowest BCUT2D eigenvalue weighted by Gasteiger charge is -2.25. The molecule has 2 heterocycles. The lowest BCUT2D eigenvalue weighted by Crippen LogP contribution is -2.28. The first kappa shape index (κ1) is 9.87. The summed E-state index contributed by atoms with van der Waals surface area (Å²) in [6, 6.07) is 2.83. The van der Waals surface area contributed by atoms with E-state index in [9.17, 15) is 8.78 Å². The van der Waals surface area contributed by atoms with Gasteiger partial charge in [-0.15, -0.1) is 0 Å². The third-order valence-corrected chi connectivity index (χ3v) is 3.50. The SMILES string of the molecule is Fc1cc(F)c2c(c1)N1CCCC1CCN2. The number of hydrogen-bond donors (Lipinski definition) is 1. The second kappa shape index (κ2) is 3.61. The van der Waals surface area contributed by atoms with Gasteiger partial charge in [-0.3, -0.25) is 0 Å². The normalized spacial score (nSPS) is 23.4. The molecule has 16 heavy (non-hydrogen) atoms. The second-order valence-corrected chi connectivity index (χ2v) is 4.49. The molecule has 1 atom stereocenters. The Kier molecular flexibility index (Phi) is 2.23. The Morgan fingerprint density at radius 3 is 3.00 bits per heavy atom. The van der Waals surface area contributed by atoms with Crippen molar-refractivity contribution in [3.05, 3.63) is 23.8 Å². The molecule has 0 aromatic heterocycles. The zero-order chi connectivity index (χ0) is 11.1. The predicted octanol–water partition coefficient (Wildman–Crippen LogP) is 2.75. The smallest absolute Gasteiger partial charge is 0.151 e. The Balaban J connectivity index is 2.12. The van der Waals surface area contributed by atoms with Crippen LogP contribution >= 0.6 is 0 Å². The van der Waals surface area contributed by atoms with Crippen molar-refractivity contribution in [3.63, 3.8) is 0 Å². The number of halogens is 2. The summed E-state index contributed by atoms with van der Waals surface area (Å²) in [5.41, 5.74) is 1.16. The number of rotatable bonds is 0. The van der Waals surface area contributed by atoms with Crippen molar-refractivity contribution in [2.45, 2.75) is 25.3 Å². The maximum Gasteiger partial charge on any atom is 0.151 e. The third kappa shape index (κ3) is 1.44. The van der Waals surface area contributed by atoms with E-state index in [1.165, 1.54) is 6.07 Å². The van der Waals surface area contributed by atoms with Crippen molar-refractivity contribution in [3.8, 4) is 0 Å². The summed E-state index contributed by atoms with van der Waals surface area (Å²) in [6.07, 6.45) is 3.23. The minimum atomic E-state index is -0.495. The van der Waals surface area contributed by atoms with Gasteiger partial charge in [0.1, 0.15) is 5.82 Å². The Labute approximate surface area is 93.3 Å². The highest BCUT2D eigenvalue weighted by molar-refractivity contribution is 5.72. The summed E-state index contributed by atoms with van der Waals surface area (Å²) >= 11 is 0. The van der Waals surface area contributed by atoms with Crippen molar-refractivity contribution < 1.29 is 8.78 Å². The molecular formula is C12H14F2N2. The first-order valence-corrected chi connectivity index (χ1v) is 5.75. The van der Waals surface area contributed by atoms with E-state index in [1.807, 2.05) is 0 Å².